The van der Waals surface area contributed by atoms with Crippen LogP contribution in [0.1, 0.15) is 184 Å². The van der Waals surface area contributed by atoms with Crippen molar-refractivity contribution in [3.63, 3.8) is 0 Å². The maximum Gasteiger partial charge on any atom is 0.304 e. The molecule has 1 fully saturated rings. The van der Waals surface area contributed by atoms with Crippen LogP contribution in [0.4, 0.5) is 46.0 Å². The van der Waals surface area contributed by atoms with E-state index < -0.39 is 219 Å². The molecule has 14 rings (SSSR count). The molecule has 786 valence electrons. The summed E-state index contributed by atoms with van der Waals surface area (Å²) in [6.07, 6.45) is 7.26. The van der Waals surface area contributed by atoms with Crippen molar-refractivity contribution in [3.8, 4) is 28.2 Å². The first-order valence-electron chi connectivity index (χ1n) is 48.9. The van der Waals surface area contributed by atoms with Crippen LogP contribution in [0.25, 0.3) is 33.4 Å². The lowest BCUT2D eigenvalue weighted by atomic mass is 9.81. The summed E-state index contributed by atoms with van der Waals surface area (Å²) in [5.74, 6) is -24.6. The number of aryl methyl sites for hydroxylation is 1. The van der Waals surface area contributed by atoms with Crippen molar-refractivity contribution in [1.82, 2.24) is 30.1 Å². The van der Waals surface area contributed by atoms with Crippen molar-refractivity contribution in [2.75, 3.05) is 62.2 Å². The number of fused-ring (bicyclic) bond motifs is 6. The number of carboxylic acid groups (broad SMARTS) is 2. The number of halogens is 4. The first-order valence-corrected chi connectivity index (χ1v) is 54.7. The SMILES string of the molecule is CCC(C)[C@H](NC(=O)[C@H](CCC(=O)O)NC(=O)[C@@H](NC(=O)CCCCCN1/C(=C/C=C/C=C/C2=[N+](CC)c3ccc(S(=O)(=O)O)cc3C2(C)C)C(C)(C)c2cc(S(=O)(=O)O)ccc21)C(C)C)C(=O)C[C@@H](CC(=O)O)C(=O)COc1c(F)c(F)c(C(=O)CCCNC(=O)C2CCN(S(=O)(=O)c3ccccc3-c3c4ccc(=[N+]5CCc6cc(S(=O)(=O)O)ccc65)cc-4oc4cc(N5CCc6cc(C)ccc65)ccc34)CC2)c(F)c1F. The molecule has 0 bridgehead atoms. The number of Topliss-reactive ketones (excluding diaryl/α,β-unsaturated/α-hetero) is 3. The van der Waals surface area contributed by atoms with Crippen LogP contribution >= 0.6 is 0 Å². The highest BCUT2D eigenvalue weighted by molar-refractivity contribution is 7.89. The minimum absolute atomic E-state index is 0.0338. The molecule has 7 aromatic carbocycles. The van der Waals surface area contributed by atoms with E-state index in [1.807, 2.05) is 122 Å². The van der Waals surface area contributed by atoms with E-state index in [9.17, 15) is 92.3 Å². The Bertz CT molecular complexity index is 7490. The van der Waals surface area contributed by atoms with E-state index in [2.05, 4.69) is 38.3 Å². The minimum atomic E-state index is -4.61. The third-order valence-corrected chi connectivity index (χ3v) is 32.9. The van der Waals surface area contributed by atoms with Crippen LogP contribution in [-0.4, -0.2) is 196 Å². The summed E-state index contributed by atoms with van der Waals surface area (Å²) in [4.78, 5) is 126. The predicted molar refractivity (Wildman–Crippen MR) is 543 cm³/mol. The topological polar surface area (TPSA) is 478 Å². The first-order chi connectivity index (χ1) is 69.8. The highest BCUT2D eigenvalue weighted by Gasteiger charge is 2.47. The maximum absolute atomic E-state index is 15.9. The number of allylic oxidation sites excluding steroid dienone is 6. The third kappa shape index (κ3) is 23.8. The van der Waals surface area contributed by atoms with Crippen molar-refractivity contribution in [2.24, 2.45) is 23.7 Å². The van der Waals surface area contributed by atoms with E-state index in [-0.39, 0.29) is 71.3 Å². The molecule has 41 heteroatoms. The molecule has 1 aliphatic carbocycles. The van der Waals surface area contributed by atoms with Gasteiger partial charge in [0.2, 0.25) is 62.0 Å². The van der Waals surface area contributed by atoms with Gasteiger partial charge in [-0.3, -0.25) is 56.8 Å². The van der Waals surface area contributed by atoms with Gasteiger partial charge in [-0.15, -0.1) is 0 Å². The molecule has 5 atom stereocenters. The van der Waals surface area contributed by atoms with Crippen LogP contribution in [-0.2, 0) is 102 Å². The van der Waals surface area contributed by atoms with Gasteiger partial charge >= 0.3 is 11.9 Å². The zero-order valence-corrected chi connectivity index (χ0v) is 86.5. The molecule has 0 radical (unpaired) electrons. The summed E-state index contributed by atoms with van der Waals surface area (Å²) >= 11 is 0. The number of aliphatic carboxylic acids is 2. The fraction of sp³-hybridized carbons (Fsp3) is 0.393. The molecular formula is C107H119F4N9O24S4+2. The third-order valence-electron chi connectivity index (χ3n) is 28.4. The fourth-order valence-electron chi connectivity index (χ4n) is 20.3. The van der Waals surface area contributed by atoms with Crippen LogP contribution in [0.15, 0.2) is 194 Å². The molecule has 1 unspecified atom stereocenters. The summed E-state index contributed by atoms with van der Waals surface area (Å²) in [7, 11) is -17.9. The van der Waals surface area contributed by atoms with Crippen LogP contribution in [0.5, 0.6) is 5.75 Å². The summed E-state index contributed by atoms with van der Waals surface area (Å²) in [6.45, 7) is 18.0. The molecule has 0 saturated carbocycles. The van der Waals surface area contributed by atoms with Crippen molar-refractivity contribution in [1.29, 1.82) is 0 Å². The molecule has 148 heavy (non-hydrogen) atoms. The molecule has 0 aromatic heterocycles. The molecule has 7 aromatic rings. The van der Waals surface area contributed by atoms with Gasteiger partial charge in [0, 0.05) is 168 Å². The highest BCUT2D eigenvalue weighted by atomic mass is 32.2. The van der Waals surface area contributed by atoms with Gasteiger partial charge in [-0.2, -0.15) is 47.5 Å². The Labute approximate surface area is 855 Å². The Kier molecular flexibility index (Phi) is 33.6. The number of nitrogens with one attached hydrogen (secondary N) is 4. The number of carbonyl (C=O) groups is 9. The van der Waals surface area contributed by atoms with Gasteiger partial charge in [0.1, 0.15) is 36.6 Å². The molecular weight excluding hydrogens is 2000 g/mol. The minimum Gasteiger partial charge on any atom is -0.481 e. The maximum atomic E-state index is 15.9. The number of rotatable bonds is 43. The first kappa shape index (κ1) is 110. The Hall–Kier alpha value is -13.3. The number of carbonyl (C=O) groups excluding carboxylic acids is 7. The van der Waals surface area contributed by atoms with Crippen molar-refractivity contribution in [2.45, 2.75) is 214 Å². The fourth-order valence-corrected chi connectivity index (χ4v) is 23.5. The summed E-state index contributed by atoms with van der Waals surface area (Å²) in [6, 6.07) is 32.7. The lowest BCUT2D eigenvalue weighted by Gasteiger charge is -2.31. The lowest BCUT2D eigenvalue weighted by Crippen LogP contribution is -2.57. The molecule has 6 heterocycles. The largest absolute Gasteiger partial charge is 0.481 e. The van der Waals surface area contributed by atoms with Gasteiger partial charge < -0.3 is 50.4 Å². The Morgan fingerprint density at radius 2 is 1.27 bits per heavy atom. The van der Waals surface area contributed by atoms with E-state index in [1.165, 1.54) is 59.3 Å². The smallest absolute Gasteiger partial charge is 0.304 e. The van der Waals surface area contributed by atoms with Crippen LogP contribution < -0.4 is 45.7 Å². The number of benzene rings is 8. The van der Waals surface area contributed by atoms with Crippen LogP contribution in [0.2, 0.25) is 0 Å². The average Bonchev–Trinajstić information content (AvgIpc) is 1.74. The van der Waals surface area contributed by atoms with Crippen LogP contribution in [0, 0.1) is 53.9 Å². The standard InChI is InChI=1S/C107H117F4N9O24S4/c1-11-63(6)101(115-104(130)78(36-41-92(125)126)113-105(131)100(61(3)4)114-91(124)27-17-14-20-47-120-82-40-33-72(148(140,141)142)59-77(82)107(9,10)90(120)26-16-13-15-25-89-106(7,8)76-58-71(147(137,138)139)32-39-81(76)117(89)12-2)84(122)54-67(55-93(127)128)85(123)60-143-102-98(110)96(108)95(97(109)99(102)111)83(121)23-21-46-112-103(129)64-42-48-116(49-43-64)145(132,133)88-24-19-18-22-75(88)94-73-34-29-68(118-50-44-65-52-62(5)28-37-79(65)118)56-86(73)144-87-57-69(30-35-74(87)94)119-51-45-66-53-70(146(134,135)136)31-38-80(66)119/h13,15-16,18-19,22,24-26,28-35,37-40,52-53,56-59,61,63-64,67,78,100-101H,11-12,14,17,20-21,23,27,36,41-51,54-55,60H2,1-10H3,(H7-2,112,113,114,115,124,125,126,127,128,129,130,131,134,135,136,137,138,139,140,141,142)/p+2/t63?,67-,78-,100-,101-/m0/s1. The normalized spacial score (nSPS) is 16.9. The predicted octanol–water partition coefficient (Wildman–Crippen LogP) is 14.8. The Balaban J connectivity index is 0.566. The van der Waals surface area contributed by atoms with Gasteiger partial charge in [0.25, 0.3) is 30.4 Å². The van der Waals surface area contributed by atoms with Gasteiger partial charge in [-0.05, 0) is 174 Å². The average molecular weight is 2120 g/mol. The monoisotopic (exact) mass is 2120 g/mol. The van der Waals surface area contributed by atoms with E-state index in [0.29, 0.717) is 113 Å². The number of ketones is 3. The number of amides is 4. The summed E-state index contributed by atoms with van der Waals surface area (Å²) < 4.78 is 214. The second-order valence-electron chi connectivity index (χ2n) is 39.3. The second kappa shape index (κ2) is 45.0. The number of unbranched alkanes of at least 4 members (excludes halogenated alkanes) is 2. The number of hydrogen-bond acceptors (Lipinski definition) is 21. The number of hydrogen-bond donors (Lipinski definition) is 9. The molecule has 33 nitrogen and oxygen atoms in total. The van der Waals surface area contributed by atoms with Crippen molar-refractivity contribution >= 4 is 138 Å². The van der Waals surface area contributed by atoms with E-state index in [4.69, 9.17) is 9.15 Å². The van der Waals surface area contributed by atoms with E-state index >= 15 is 26.0 Å². The zero-order valence-electron chi connectivity index (χ0n) is 83.3. The zero-order chi connectivity index (χ0) is 107. The number of piperidine rings is 1. The van der Waals surface area contributed by atoms with Crippen LogP contribution in [0.3, 0.4) is 0 Å². The number of sulfonamides is 1. The number of nitrogens with zero attached hydrogens (tertiary/aromatic N) is 5. The van der Waals surface area contributed by atoms with Gasteiger partial charge in [0.15, 0.2) is 47.0 Å². The quantitative estimate of drug-likeness (QED) is 0.00250. The van der Waals surface area contributed by atoms with E-state index in [1.54, 1.807) is 63.2 Å². The molecule has 9 N–H and O–H groups in total. The van der Waals surface area contributed by atoms with E-state index in [0.717, 1.165) is 46.1 Å². The Morgan fingerprint density at radius 1 is 0.608 bits per heavy atom. The molecule has 0 spiro atoms. The summed E-state index contributed by atoms with van der Waals surface area (Å²) in [5, 5.41) is 31.4. The molecule has 6 aliphatic heterocycles. The van der Waals surface area contributed by atoms with Crippen molar-refractivity contribution in [3.05, 3.63) is 232 Å². The lowest BCUT2D eigenvalue weighted by molar-refractivity contribution is -0.433. The summed E-state index contributed by atoms with van der Waals surface area (Å²) in [5.41, 5.74) is 8.78. The van der Waals surface area contributed by atoms with Gasteiger partial charge in [-0.25, -0.2) is 17.2 Å². The number of ether oxygens (including phenoxy) is 1. The van der Waals surface area contributed by atoms with Gasteiger partial charge in [0.05, 0.1) is 49.1 Å². The second-order valence-corrected chi connectivity index (χ2v) is 45.5. The molecule has 7 aliphatic rings. The molecule has 1 saturated heterocycles. The number of anilines is 3. The van der Waals surface area contributed by atoms with Gasteiger partial charge in [-0.1, -0.05) is 109 Å². The Morgan fingerprint density at radius 3 is 1.93 bits per heavy atom. The molecule has 4 amide bonds. The number of carboxylic acids is 2. The highest BCUT2D eigenvalue weighted by Crippen LogP contribution is 2.51. The van der Waals surface area contributed by atoms with Crippen molar-refractivity contribution < 1.29 is 132 Å².